The molecule has 0 unspecified atom stereocenters. The minimum Gasteiger partial charge on any atom is -0.369 e. The summed E-state index contributed by atoms with van der Waals surface area (Å²) in [6.07, 6.45) is 1.07. The van der Waals surface area contributed by atoms with Crippen molar-refractivity contribution in [1.82, 2.24) is 9.55 Å². The van der Waals surface area contributed by atoms with E-state index in [1.54, 1.807) is 0 Å². The highest BCUT2D eigenvalue weighted by Crippen LogP contribution is 2.17. The molecule has 0 atom stereocenters. The predicted octanol–water partition coefficient (Wildman–Crippen LogP) is 2.45. The lowest BCUT2D eigenvalue weighted by atomic mass is 10.3. The molecule has 1 aromatic carbocycles. The van der Waals surface area contributed by atoms with Crippen molar-refractivity contribution in [2.24, 2.45) is 0 Å². The summed E-state index contributed by atoms with van der Waals surface area (Å²) in [6, 6.07) is 8.02. The molecule has 0 fully saturated rings. The van der Waals surface area contributed by atoms with E-state index in [2.05, 4.69) is 16.5 Å². The Morgan fingerprint density at radius 3 is 2.79 bits per heavy atom. The summed E-state index contributed by atoms with van der Waals surface area (Å²) in [5.41, 5.74) is 7.90. The van der Waals surface area contributed by atoms with E-state index in [1.807, 2.05) is 24.3 Å². The lowest BCUT2D eigenvalue weighted by molar-refractivity contribution is 0.707. The van der Waals surface area contributed by atoms with Crippen LogP contribution in [0.5, 0.6) is 0 Å². The Morgan fingerprint density at radius 2 is 2.07 bits per heavy atom. The number of imidazole rings is 1. The summed E-state index contributed by atoms with van der Waals surface area (Å²) < 4.78 is 2.05. The summed E-state index contributed by atoms with van der Waals surface area (Å²) in [5.74, 6) is 0.614. The second-order valence-electron chi connectivity index (χ2n) is 3.11. The first-order chi connectivity index (χ1) is 6.33. The smallest absolute Gasteiger partial charge is 0.201 e. The highest BCUT2D eigenvalue weighted by Gasteiger charge is 2.04. The first-order valence-corrected chi connectivity index (χ1v) is 4.53. The molecule has 76 valence electrons. The van der Waals surface area contributed by atoms with Crippen LogP contribution in [0.15, 0.2) is 24.3 Å². The van der Waals surface area contributed by atoms with Gasteiger partial charge in [0.05, 0.1) is 11.0 Å². The van der Waals surface area contributed by atoms with E-state index >= 15 is 0 Å². The first kappa shape index (κ1) is 10.9. The number of anilines is 1. The Hall–Kier alpha value is -1.22. The zero-order chi connectivity index (χ0) is 9.26. The summed E-state index contributed by atoms with van der Waals surface area (Å²) in [4.78, 5) is 4.27. The van der Waals surface area contributed by atoms with Crippen LogP contribution in [0.25, 0.3) is 11.0 Å². The van der Waals surface area contributed by atoms with Crippen LogP contribution in [-0.4, -0.2) is 9.55 Å². The molecule has 0 saturated carbocycles. The van der Waals surface area contributed by atoms with E-state index in [-0.39, 0.29) is 12.4 Å². The number of nitrogens with zero attached hydrogens (tertiary/aromatic N) is 2. The van der Waals surface area contributed by atoms with Gasteiger partial charge in [-0.25, -0.2) is 4.98 Å². The van der Waals surface area contributed by atoms with Crippen molar-refractivity contribution < 1.29 is 0 Å². The van der Waals surface area contributed by atoms with Gasteiger partial charge >= 0.3 is 0 Å². The predicted molar refractivity (Wildman–Crippen MR) is 61.7 cm³/mol. The molecular weight excluding hydrogens is 198 g/mol. The molecule has 4 heteroatoms. The second-order valence-corrected chi connectivity index (χ2v) is 3.11. The van der Waals surface area contributed by atoms with Crippen molar-refractivity contribution in [2.75, 3.05) is 5.73 Å². The number of nitrogen functional groups attached to an aromatic ring is 1. The van der Waals surface area contributed by atoms with E-state index in [0.717, 1.165) is 24.0 Å². The molecule has 0 spiro atoms. The minimum absolute atomic E-state index is 0. The van der Waals surface area contributed by atoms with Crippen LogP contribution in [-0.2, 0) is 6.54 Å². The molecule has 0 saturated heterocycles. The fourth-order valence-electron chi connectivity index (χ4n) is 1.55. The van der Waals surface area contributed by atoms with Crippen LogP contribution in [0.2, 0.25) is 0 Å². The Balaban J connectivity index is 0.000000980. The van der Waals surface area contributed by atoms with Gasteiger partial charge in [-0.1, -0.05) is 19.1 Å². The molecule has 1 heterocycles. The Labute approximate surface area is 89.3 Å². The highest BCUT2D eigenvalue weighted by molar-refractivity contribution is 5.85. The van der Waals surface area contributed by atoms with Crippen molar-refractivity contribution >= 4 is 29.4 Å². The van der Waals surface area contributed by atoms with Gasteiger partial charge in [-0.05, 0) is 18.6 Å². The molecule has 1 aromatic heterocycles. The van der Waals surface area contributed by atoms with Crippen LogP contribution in [0, 0.1) is 0 Å². The van der Waals surface area contributed by atoms with Crippen LogP contribution >= 0.6 is 12.4 Å². The monoisotopic (exact) mass is 211 g/mol. The zero-order valence-electron chi connectivity index (χ0n) is 8.10. The van der Waals surface area contributed by atoms with Crippen molar-refractivity contribution in [3.8, 4) is 0 Å². The SMILES string of the molecule is CCCn1c(N)nc2ccccc21.Cl. The summed E-state index contributed by atoms with van der Waals surface area (Å²) >= 11 is 0. The van der Waals surface area contributed by atoms with E-state index in [9.17, 15) is 0 Å². The third-order valence-corrected chi connectivity index (χ3v) is 2.13. The second kappa shape index (κ2) is 4.33. The lowest BCUT2D eigenvalue weighted by Gasteiger charge is -2.02. The van der Waals surface area contributed by atoms with Crippen LogP contribution in [0.3, 0.4) is 0 Å². The van der Waals surface area contributed by atoms with Crippen molar-refractivity contribution in [2.45, 2.75) is 19.9 Å². The van der Waals surface area contributed by atoms with Crippen molar-refractivity contribution in [1.29, 1.82) is 0 Å². The summed E-state index contributed by atoms with van der Waals surface area (Å²) in [7, 11) is 0. The van der Waals surface area contributed by atoms with Crippen molar-refractivity contribution in [3.63, 3.8) is 0 Å². The maximum atomic E-state index is 5.79. The molecule has 14 heavy (non-hydrogen) atoms. The van der Waals surface area contributed by atoms with Gasteiger partial charge in [-0.2, -0.15) is 0 Å². The fraction of sp³-hybridized carbons (Fsp3) is 0.300. The molecule has 2 aromatic rings. The molecule has 0 aliphatic rings. The van der Waals surface area contributed by atoms with Gasteiger partial charge in [0.1, 0.15) is 0 Å². The summed E-state index contributed by atoms with van der Waals surface area (Å²) in [6.45, 7) is 3.07. The number of nitrogens with two attached hydrogens (primary N) is 1. The number of aromatic nitrogens is 2. The minimum atomic E-state index is 0. The average Bonchev–Trinajstić information content (AvgIpc) is 2.44. The van der Waals surface area contributed by atoms with E-state index < -0.39 is 0 Å². The van der Waals surface area contributed by atoms with Gasteiger partial charge in [0.25, 0.3) is 0 Å². The number of para-hydroxylation sites is 2. The highest BCUT2D eigenvalue weighted by atomic mass is 35.5. The normalized spacial score (nSPS) is 10.1. The molecule has 2 rings (SSSR count). The molecule has 0 aliphatic heterocycles. The number of halogens is 1. The van der Waals surface area contributed by atoms with E-state index in [4.69, 9.17) is 5.73 Å². The Morgan fingerprint density at radius 1 is 1.36 bits per heavy atom. The molecule has 3 nitrogen and oxygen atoms in total. The third kappa shape index (κ3) is 1.68. The van der Waals surface area contributed by atoms with Crippen LogP contribution in [0.1, 0.15) is 13.3 Å². The van der Waals surface area contributed by atoms with Crippen molar-refractivity contribution in [3.05, 3.63) is 24.3 Å². The molecule has 0 amide bonds. The molecule has 2 N–H and O–H groups in total. The maximum Gasteiger partial charge on any atom is 0.201 e. The molecular formula is C10H14ClN3. The molecule has 0 aliphatic carbocycles. The number of fused-ring (bicyclic) bond motifs is 1. The number of rotatable bonds is 2. The molecule has 0 radical (unpaired) electrons. The maximum absolute atomic E-state index is 5.79. The number of benzene rings is 1. The van der Waals surface area contributed by atoms with Crippen LogP contribution < -0.4 is 5.73 Å². The molecule has 0 bridgehead atoms. The average molecular weight is 212 g/mol. The third-order valence-electron chi connectivity index (χ3n) is 2.13. The topological polar surface area (TPSA) is 43.8 Å². The van der Waals surface area contributed by atoms with Gasteiger partial charge < -0.3 is 10.3 Å². The Kier molecular flexibility index (Phi) is 3.36. The fourth-order valence-corrected chi connectivity index (χ4v) is 1.55. The summed E-state index contributed by atoms with van der Waals surface area (Å²) in [5, 5.41) is 0. The van der Waals surface area contributed by atoms with Gasteiger partial charge in [-0.3, -0.25) is 0 Å². The van der Waals surface area contributed by atoms with Gasteiger partial charge in [0, 0.05) is 6.54 Å². The van der Waals surface area contributed by atoms with Crippen LogP contribution in [0.4, 0.5) is 5.95 Å². The van der Waals surface area contributed by atoms with Gasteiger partial charge in [0.15, 0.2) is 0 Å². The largest absolute Gasteiger partial charge is 0.369 e. The number of aryl methyl sites for hydroxylation is 1. The van der Waals surface area contributed by atoms with Gasteiger partial charge in [-0.15, -0.1) is 12.4 Å². The number of hydrogen-bond donors (Lipinski definition) is 1. The number of hydrogen-bond acceptors (Lipinski definition) is 2. The van der Waals surface area contributed by atoms with E-state index in [1.165, 1.54) is 0 Å². The Bertz CT molecular complexity index is 422. The van der Waals surface area contributed by atoms with E-state index in [0.29, 0.717) is 5.95 Å². The van der Waals surface area contributed by atoms with Gasteiger partial charge in [0.2, 0.25) is 5.95 Å². The zero-order valence-corrected chi connectivity index (χ0v) is 8.92. The first-order valence-electron chi connectivity index (χ1n) is 4.53. The standard InChI is InChI=1S/C10H13N3.ClH/c1-2-7-13-9-6-4-3-5-8(9)12-10(13)11;/h3-6H,2,7H2,1H3,(H2,11,12);1H. The quantitative estimate of drug-likeness (QED) is 0.830. The lowest BCUT2D eigenvalue weighted by Crippen LogP contribution is -2.02.